The predicted molar refractivity (Wildman–Crippen MR) is 126 cm³/mol. The van der Waals surface area contributed by atoms with Gasteiger partial charge in [-0.15, -0.1) is 10.2 Å². The lowest BCUT2D eigenvalue weighted by Crippen LogP contribution is -2.34. The maximum absolute atomic E-state index is 13.7. The first-order valence-corrected chi connectivity index (χ1v) is 11.2. The van der Waals surface area contributed by atoms with Crippen molar-refractivity contribution < 1.29 is 13.9 Å². The van der Waals surface area contributed by atoms with E-state index in [0.717, 1.165) is 55.0 Å². The van der Waals surface area contributed by atoms with Crippen molar-refractivity contribution in [1.29, 1.82) is 0 Å². The number of rotatable bonds is 8. The fourth-order valence-corrected chi connectivity index (χ4v) is 4.07. The summed E-state index contributed by atoms with van der Waals surface area (Å²) in [6.07, 6.45) is 4.13. The summed E-state index contributed by atoms with van der Waals surface area (Å²) >= 11 is 0. The third-order valence-corrected chi connectivity index (χ3v) is 5.94. The predicted octanol–water partition coefficient (Wildman–Crippen LogP) is 3.71. The SMILES string of the molecule is COc1cc2ncnc(Nc3ccc(F)c(C)c3)c2cc1OCCCN1CCn2cnnc2C1. The number of halogens is 1. The number of hydrogen-bond donors (Lipinski definition) is 1. The molecule has 0 amide bonds. The Balaban J connectivity index is 1.28. The van der Waals surface area contributed by atoms with E-state index in [1.807, 2.05) is 12.1 Å². The van der Waals surface area contributed by atoms with E-state index in [1.165, 1.54) is 12.4 Å². The molecule has 1 aliphatic heterocycles. The van der Waals surface area contributed by atoms with Crippen LogP contribution in [0, 0.1) is 12.7 Å². The van der Waals surface area contributed by atoms with Gasteiger partial charge in [0.1, 0.15) is 30.1 Å². The van der Waals surface area contributed by atoms with Crippen LogP contribution >= 0.6 is 0 Å². The maximum Gasteiger partial charge on any atom is 0.162 e. The van der Waals surface area contributed by atoms with Crippen LogP contribution in [-0.4, -0.2) is 56.4 Å². The normalized spacial score (nSPS) is 13.6. The Hall–Kier alpha value is -3.79. The molecule has 2 aromatic carbocycles. The maximum atomic E-state index is 13.7. The Morgan fingerprint density at radius 2 is 2.03 bits per heavy atom. The minimum absolute atomic E-state index is 0.245. The Labute approximate surface area is 196 Å². The van der Waals surface area contributed by atoms with E-state index in [4.69, 9.17) is 9.47 Å². The average Bonchev–Trinajstić information content (AvgIpc) is 3.32. The highest BCUT2D eigenvalue weighted by molar-refractivity contribution is 5.93. The highest BCUT2D eigenvalue weighted by atomic mass is 19.1. The summed E-state index contributed by atoms with van der Waals surface area (Å²) in [6.45, 7) is 5.85. The molecule has 0 saturated heterocycles. The van der Waals surface area contributed by atoms with Gasteiger partial charge in [0.05, 0.1) is 25.8 Å². The van der Waals surface area contributed by atoms with Crippen LogP contribution in [0.4, 0.5) is 15.9 Å². The van der Waals surface area contributed by atoms with Crippen molar-refractivity contribution in [3.8, 4) is 11.5 Å². The average molecular weight is 464 g/mol. The first kappa shape index (κ1) is 22.0. The van der Waals surface area contributed by atoms with Gasteiger partial charge in [0, 0.05) is 36.8 Å². The molecule has 176 valence electrons. The highest BCUT2D eigenvalue weighted by Gasteiger charge is 2.17. The highest BCUT2D eigenvalue weighted by Crippen LogP contribution is 2.35. The molecule has 0 atom stereocenters. The summed E-state index contributed by atoms with van der Waals surface area (Å²) in [6, 6.07) is 8.58. The molecule has 4 aromatic rings. The van der Waals surface area contributed by atoms with Crippen molar-refractivity contribution >= 4 is 22.4 Å². The number of aromatic nitrogens is 5. The first-order chi connectivity index (χ1) is 16.6. The molecule has 34 heavy (non-hydrogen) atoms. The smallest absolute Gasteiger partial charge is 0.162 e. The van der Waals surface area contributed by atoms with Crippen LogP contribution in [-0.2, 0) is 13.1 Å². The Morgan fingerprint density at radius 1 is 1.12 bits per heavy atom. The fraction of sp³-hybridized carbons (Fsp3) is 0.333. The van der Waals surface area contributed by atoms with Crippen molar-refractivity contribution in [2.24, 2.45) is 0 Å². The molecule has 3 heterocycles. The topological polar surface area (TPSA) is 90.2 Å². The number of fused-ring (bicyclic) bond motifs is 2. The summed E-state index contributed by atoms with van der Waals surface area (Å²) in [4.78, 5) is 11.1. The number of nitrogens with one attached hydrogen (secondary N) is 1. The molecule has 9 nitrogen and oxygen atoms in total. The summed E-state index contributed by atoms with van der Waals surface area (Å²) in [5.41, 5.74) is 2.02. The lowest BCUT2D eigenvalue weighted by molar-refractivity contribution is 0.194. The molecule has 0 radical (unpaired) electrons. The van der Waals surface area contributed by atoms with E-state index in [-0.39, 0.29) is 5.82 Å². The number of methoxy groups -OCH3 is 1. The Bertz CT molecular complexity index is 1310. The minimum Gasteiger partial charge on any atom is -0.493 e. The number of benzene rings is 2. The fourth-order valence-electron chi connectivity index (χ4n) is 4.07. The van der Waals surface area contributed by atoms with Gasteiger partial charge in [-0.1, -0.05) is 0 Å². The number of hydrogen-bond acceptors (Lipinski definition) is 8. The second-order valence-electron chi connectivity index (χ2n) is 8.25. The molecule has 10 heteroatoms. The third kappa shape index (κ3) is 4.62. The first-order valence-electron chi connectivity index (χ1n) is 11.2. The quantitative estimate of drug-likeness (QED) is 0.396. The zero-order valence-electron chi connectivity index (χ0n) is 19.2. The molecule has 1 aliphatic rings. The summed E-state index contributed by atoms with van der Waals surface area (Å²) < 4.78 is 27.4. The van der Waals surface area contributed by atoms with Crippen LogP contribution in [0.15, 0.2) is 43.0 Å². The largest absolute Gasteiger partial charge is 0.493 e. The standard InChI is InChI=1S/C24H26FN7O2/c1-16-10-17(4-5-19(16)25)29-24-18-11-22(21(33-2)12-20(18)26-14-27-24)34-9-3-6-31-7-8-32-15-28-30-23(32)13-31/h4-5,10-12,14-15H,3,6-9,13H2,1-2H3,(H,26,27,29). The van der Waals surface area contributed by atoms with Crippen molar-refractivity contribution in [3.63, 3.8) is 0 Å². The Morgan fingerprint density at radius 3 is 2.88 bits per heavy atom. The second kappa shape index (κ2) is 9.60. The molecule has 0 aliphatic carbocycles. The van der Waals surface area contributed by atoms with Gasteiger partial charge in [-0.05, 0) is 43.2 Å². The zero-order valence-corrected chi connectivity index (χ0v) is 19.2. The van der Waals surface area contributed by atoms with Gasteiger partial charge in [-0.25, -0.2) is 14.4 Å². The van der Waals surface area contributed by atoms with Crippen molar-refractivity contribution in [2.45, 2.75) is 26.4 Å². The second-order valence-corrected chi connectivity index (χ2v) is 8.25. The van der Waals surface area contributed by atoms with Crippen molar-refractivity contribution in [1.82, 2.24) is 29.6 Å². The van der Waals surface area contributed by atoms with Gasteiger partial charge >= 0.3 is 0 Å². The van der Waals surface area contributed by atoms with E-state index in [1.54, 1.807) is 32.5 Å². The van der Waals surface area contributed by atoms with Crippen LogP contribution in [0.2, 0.25) is 0 Å². The van der Waals surface area contributed by atoms with Crippen LogP contribution in [0.25, 0.3) is 10.9 Å². The molecular formula is C24H26FN7O2. The van der Waals surface area contributed by atoms with Crippen LogP contribution in [0.5, 0.6) is 11.5 Å². The third-order valence-electron chi connectivity index (χ3n) is 5.94. The van der Waals surface area contributed by atoms with Crippen LogP contribution in [0.3, 0.4) is 0 Å². The number of ether oxygens (including phenoxy) is 2. The monoisotopic (exact) mass is 463 g/mol. The van der Waals surface area contributed by atoms with Gasteiger partial charge in [0.15, 0.2) is 11.5 Å². The molecule has 5 rings (SSSR count). The van der Waals surface area contributed by atoms with Gasteiger partial charge in [-0.3, -0.25) is 4.90 Å². The minimum atomic E-state index is -0.245. The summed E-state index contributed by atoms with van der Waals surface area (Å²) in [5.74, 6) is 2.60. The molecule has 1 N–H and O–H groups in total. The molecule has 0 fully saturated rings. The van der Waals surface area contributed by atoms with E-state index in [2.05, 4.69) is 34.9 Å². The number of aryl methyl sites for hydroxylation is 1. The van der Waals surface area contributed by atoms with Crippen molar-refractivity contribution in [3.05, 3.63) is 60.2 Å². The lowest BCUT2D eigenvalue weighted by Gasteiger charge is -2.26. The lowest BCUT2D eigenvalue weighted by atomic mass is 10.2. The number of anilines is 2. The summed E-state index contributed by atoms with van der Waals surface area (Å²) in [5, 5.41) is 12.2. The van der Waals surface area contributed by atoms with Gasteiger partial charge in [-0.2, -0.15) is 0 Å². The van der Waals surface area contributed by atoms with E-state index < -0.39 is 0 Å². The van der Waals surface area contributed by atoms with Crippen molar-refractivity contribution in [2.75, 3.05) is 32.1 Å². The van der Waals surface area contributed by atoms with Gasteiger partial charge in [0.2, 0.25) is 0 Å². The van der Waals surface area contributed by atoms with E-state index >= 15 is 0 Å². The van der Waals surface area contributed by atoms with Crippen LogP contribution in [0.1, 0.15) is 17.8 Å². The zero-order chi connectivity index (χ0) is 23.5. The van der Waals surface area contributed by atoms with E-state index in [9.17, 15) is 4.39 Å². The van der Waals surface area contributed by atoms with Gasteiger partial charge < -0.3 is 19.4 Å². The molecule has 0 spiro atoms. The molecule has 2 aromatic heterocycles. The molecular weight excluding hydrogens is 437 g/mol. The molecule has 0 unspecified atom stereocenters. The van der Waals surface area contributed by atoms with Gasteiger partial charge in [0.25, 0.3) is 0 Å². The van der Waals surface area contributed by atoms with Crippen LogP contribution < -0.4 is 14.8 Å². The summed E-state index contributed by atoms with van der Waals surface area (Å²) in [7, 11) is 1.61. The molecule has 0 saturated carbocycles. The molecule has 0 bridgehead atoms. The Kier molecular flexibility index (Phi) is 6.22. The number of nitrogens with zero attached hydrogens (tertiary/aromatic N) is 6. The van der Waals surface area contributed by atoms with E-state index in [0.29, 0.717) is 29.5 Å².